The Morgan fingerprint density at radius 3 is 2.07 bits per heavy atom. The fourth-order valence-electron chi connectivity index (χ4n) is 6.07. The molecule has 1 aliphatic heterocycles. The summed E-state index contributed by atoms with van der Waals surface area (Å²) in [6, 6.07) is 11.2. The molecule has 4 aromatic rings. The lowest BCUT2D eigenvalue weighted by Gasteiger charge is -2.17. The number of unbranched alkanes of at least 4 members (excludes halogenated alkanes) is 3. The Morgan fingerprint density at radius 1 is 0.841 bits per heavy atom. The molecule has 2 aromatic carbocycles. The standard InChI is InChI=1S/C33H38N6O5/c1-5-37(6-2)18-12-8-7-11-17-34-33(42)38-31(40)29(25-20-35(3)27-14-10-9-13-23(25)27)30(32(38)41)26-21-36(4)28-19-22(39(43)44)15-16-24(26)28/h9-10,13-16,19-21H,5-8,11-12,17-18H2,1-4H3,(H,34,42). The maximum absolute atomic E-state index is 14.1. The van der Waals surface area contributed by atoms with Gasteiger partial charge in [-0.25, -0.2) is 4.79 Å². The molecule has 0 aliphatic carbocycles. The second-order valence-corrected chi connectivity index (χ2v) is 11.2. The van der Waals surface area contributed by atoms with Crippen molar-refractivity contribution in [1.29, 1.82) is 0 Å². The van der Waals surface area contributed by atoms with E-state index in [4.69, 9.17) is 0 Å². The highest BCUT2D eigenvalue weighted by Crippen LogP contribution is 2.42. The normalized spacial score (nSPS) is 13.7. The second-order valence-electron chi connectivity index (χ2n) is 11.2. The molecule has 230 valence electrons. The summed E-state index contributed by atoms with van der Waals surface area (Å²) in [6.45, 7) is 7.75. The van der Waals surface area contributed by atoms with Gasteiger partial charge in [-0.1, -0.05) is 44.9 Å². The van der Waals surface area contributed by atoms with Gasteiger partial charge in [0.25, 0.3) is 17.5 Å². The summed E-state index contributed by atoms with van der Waals surface area (Å²) in [4.78, 5) is 55.5. The summed E-state index contributed by atoms with van der Waals surface area (Å²) in [5.74, 6) is -1.42. The van der Waals surface area contributed by atoms with Gasteiger partial charge in [0.05, 0.1) is 21.6 Å². The number of para-hydroxylation sites is 1. The van der Waals surface area contributed by atoms with Crippen LogP contribution in [0.1, 0.15) is 50.7 Å². The van der Waals surface area contributed by atoms with Crippen molar-refractivity contribution >= 4 is 56.5 Å². The quantitative estimate of drug-likeness (QED) is 0.0999. The maximum Gasteiger partial charge on any atom is 0.331 e. The number of benzene rings is 2. The number of fused-ring (bicyclic) bond motifs is 2. The minimum Gasteiger partial charge on any atom is -0.350 e. The first-order valence-electron chi connectivity index (χ1n) is 15.1. The van der Waals surface area contributed by atoms with Crippen molar-refractivity contribution in [2.75, 3.05) is 26.2 Å². The Labute approximate surface area is 255 Å². The number of hydrogen-bond acceptors (Lipinski definition) is 6. The molecule has 5 rings (SSSR count). The molecule has 11 nitrogen and oxygen atoms in total. The lowest BCUT2D eigenvalue weighted by molar-refractivity contribution is -0.384. The molecule has 2 aromatic heterocycles. The fourth-order valence-corrected chi connectivity index (χ4v) is 6.07. The molecule has 0 radical (unpaired) electrons. The van der Waals surface area contributed by atoms with Crippen LogP contribution in [-0.4, -0.2) is 67.9 Å². The predicted octanol–water partition coefficient (Wildman–Crippen LogP) is 5.47. The SMILES string of the molecule is CCN(CC)CCCCCCNC(=O)N1C(=O)C(c2cn(C)c3ccccc23)=C(c2cn(C)c3cc([N+](=O)[O-])ccc23)C1=O. The van der Waals surface area contributed by atoms with Crippen LogP contribution < -0.4 is 5.32 Å². The number of aromatic nitrogens is 2. The molecule has 0 saturated heterocycles. The first-order chi connectivity index (χ1) is 21.2. The third-order valence-electron chi connectivity index (χ3n) is 8.48. The van der Waals surface area contributed by atoms with Gasteiger partial charge >= 0.3 is 6.03 Å². The summed E-state index contributed by atoms with van der Waals surface area (Å²) in [7, 11) is 3.58. The number of rotatable bonds is 12. The topological polar surface area (TPSA) is 123 Å². The smallest absolute Gasteiger partial charge is 0.331 e. The van der Waals surface area contributed by atoms with Gasteiger partial charge < -0.3 is 19.4 Å². The zero-order valence-corrected chi connectivity index (χ0v) is 25.6. The average Bonchev–Trinajstić information content (AvgIpc) is 3.61. The van der Waals surface area contributed by atoms with E-state index in [0.29, 0.717) is 33.5 Å². The van der Waals surface area contributed by atoms with Crippen molar-refractivity contribution in [3.63, 3.8) is 0 Å². The molecule has 4 amide bonds. The lowest BCUT2D eigenvalue weighted by Crippen LogP contribution is -2.44. The zero-order valence-electron chi connectivity index (χ0n) is 25.6. The third-order valence-corrected chi connectivity index (χ3v) is 8.48. The number of aryl methyl sites for hydroxylation is 2. The van der Waals surface area contributed by atoms with E-state index in [0.717, 1.165) is 56.2 Å². The largest absolute Gasteiger partial charge is 0.350 e. The summed E-state index contributed by atoms with van der Waals surface area (Å²) in [5, 5.41) is 15.6. The van der Waals surface area contributed by atoms with E-state index in [1.54, 1.807) is 30.1 Å². The van der Waals surface area contributed by atoms with E-state index >= 15 is 0 Å². The van der Waals surface area contributed by atoms with Crippen molar-refractivity contribution in [3.05, 3.63) is 76.1 Å². The number of nitro groups is 1. The number of non-ortho nitro benzene ring substituents is 1. The Kier molecular flexibility index (Phi) is 8.96. The molecule has 0 fully saturated rings. The number of nitrogens with zero attached hydrogens (tertiary/aromatic N) is 5. The average molecular weight is 599 g/mol. The maximum atomic E-state index is 14.1. The number of hydrogen-bond donors (Lipinski definition) is 1. The molecule has 1 N–H and O–H groups in total. The van der Waals surface area contributed by atoms with Crippen molar-refractivity contribution in [1.82, 2.24) is 24.3 Å². The van der Waals surface area contributed by atoms with Crippen molar-refractivity contribution < 1.29 is 19.3 Å². The predicted molar refractivity (Wildman–Crippen MR) is 171 cm³/mol. The second kappa shape index (κ2) is 12.8. The van der Waals surface area contributed by atoms with Crippen molar-refractivity contribution in [2.45, 2.75) is 39.5 Å². The number of carbonyl (C=O) groups excluding carboxylic acids is 3. The van der Waals surface area contributed by atoms with Crippen LogP contribution in [0.4, 0.5) is 10.5 Å². The Morgan fingerprint density at radius 2 is 1.43 bits per heavy atom. The Bertz CT molecular complexity index is 1790. The number of nitrogens with one attached hydrogen (secondary N) is 1. The van der Waals surface area contributed by atoms with Gasteiger partial charge in [0.2, 0.25) is 0 Å². The van der Waals surface area contributed by atoms with E-state index in [9.17, 15) is 24.5 Å². The van der Waals surface area contributed by atoms with Crippen LogP contribution in [0, 0.1) is 10.1 Å². The Balaban J connectivity index is 1.46. The van der Waals surface area contributed by atoms with Gasteiger partial charge in [0, 0.05) is 72.6 Å². The minimum atomic E-state index is -0.758. The summed E-state index contributed by atoms with van der Waals surface area (Å²) in [6.07, 6.45) is 7.24. The van der Waals surface area contributed by atoms with Crippen LogP contribution in [0.15, 0.2) is 54.9 Å². The number of nitro benzene ring substituents is 1. The molecular formula is C33H38N6O5. The molecular weight excluding hydrogens is 560 g/mol. The van der Waals surface area contributed by atoms with E-state index in [1.807, 2.05) is 35.9 Å². The first kappa shape index (κ1) is 30.7. The molecule has 0 saturated carbocycles. The van der Waals surface area contributed by atoms with Crippen LogP contribution in [0.3, 0.4) is 0 Å². The molecule has 0 unspecified atom stereocenters. The number of urea groups is 1. The van der Waals surface area contributed by atoms with E-state index in [1.165, 1.54) is 12.1 Å². The summed E-state index contributed by atoms with van der Waals surface area (Å²) in [5.41, 5.74) is 2.51. The van der Waals surface area contributed by atoms with E-state index in [2.05, 4.69) is 24.1 Å². The summed E-state index contributed by atoms with van der Waals surface area (Å²) >= 11 is 0. The molecule has 3 heterocycles. The molecule has 0 spiro atoms. The van der Waals surface area contributed by atoms with Gasteiger partial charge in [-0.3, -0.25) is 19.7 Å². The minimum absolute atomic E-state index is 0.0867. The highest BCUT2D eigenvalue weighted by molar-refractivity contribution is 6.53. The zero-order chi connectivity index (χ0) is 31.5. The highest BCUT2D eigenvalue weighted by atomic mass is 16.6. The van der Waals surface area contributed by atoms with Crippen molar-refractivity contribution in [3.8, 4) is 0 Å². The molecule has 11 heteroatoms. The van der Waals surface area contributed by atoms with Crippen molar-refractivity contribution in [2.24, 2.45) is 14.1 Å². The lowest BCUT2D eigenvalue weighted by atomic mass is 9.95. The molecule has 1 aliphatic rings. The van der Waals surface area contributed by atoms with Crippen LogP contribution >= 0.6 is 0 Å². The number of carbonyl (C=O) groups is 3. The molecule has 0 bridgehead atoms. The van der Waals surface area contributed by atoms with Gasteiger partial charge in [0.1, 0.15) is 0 Å². The van der Waals surface area contributed by atoms with Crippen LogP contribution in [0.2, 0.25) is 0 Å². The van der Waals surface area contributed by atoms with E-state index in [-0.39, 0.29) is 16.8 Å². The van der Waals surface area contributed by atoms with Crippen LogP contribution in [-0.2, 0) is 23.7 Å². The fraction of sp³-hybridized carbons (Fsp3) is 0.364. The Hall–Kier alpha value is -4.77. The monoisotopic (exact) mass is 598 g/mol. The summed E-state index contributed by atoms with van der Waals surface area (Å²) < 4.78 is 3.56. The highest BCUT2D eigenvalue weighted by Gasteiger charge is 2.45. The van der Waals surface area contributed by atoms with E-state index < -0.39 is 22.8 Å². The van der Waals surface area contributed by atoms with Gasteiger partial charge in [-0.15, -0.1) is 0 Å². The number of amides is 4. The molecule has 44 heavy (non-hydrogen) atoms. The van der Waals surface area contributed by atoms with Crippen LogP contribution in [0.25, 0.3) is 33.0 Å². The first-order valence-corrected chi connectivity index (χ1v) is 15.1. The van der Waals surface area contributed by atoms with Gasteiger partial charge in [0.15, 0.2) is 0 Å². The third kappa shape index (κ3) is 5.62. The molecule has 0 atom stereocenters. The number of imide groups is 3. The van der Waals surface area contributed by atoms with Gasteiger partial charge in [-0.2, -0.15) is 4.90 Å². The van der Waals surface area contributed by atoms with Crippen LogP contribution in [0.5, 0.6) is 0 Å². The van der Waals surface area contributed by atoms with Gasteiger partial charge in [-0.05, 0) is 44.6 Å².